The lowest BCUT2D eigenvalue weighted by Crippen LogP contribution is -2.45. The molecular weight excluding hydrogens is 584 g/mol. The first-order valence-corrected chi connectivity index (χ1v) is 15.8. The summed E-state index contributed by atoms with van der Waals surface area (Å²) in [5.74, 6) is -0.551. The number of esters is 1. The molecule has 0 radical (unpaired) electrons. The van der Waals surface area contributed by atoms with Crippen molar-refractivity contribution >= 4 is 28.6 Å². The van der Waals surface area contributed by atoms with E-state index in [1.165, 1.54) is 6.20 Å². The Kier molecular flexibility index (Phi) is 9.42. The number of rotatable bonds is 8. The van der Waals surface area contributed by atoms with Gasteiger partial charge in [0.05, 0.1) is 36.0 Å². The van der Waals surface area contributed by atoms with Crippen LogP contribution in [-0.4, -0.2) is 62.7 Å². The average Bonchev–Trinajstić information content (AvgIpc) is 3.52. The highest BCUT2D eigenvalue weighted by atomic mass is 16.7. The number of carbonyl (C=O) groups is 2. The largest absolute Gasteiger partial charge is 0.459 e. The normalized spacial score (nSPS) is 22.1. The molecule has 4 aromatic rings. The molecule has 1 aromatic heterocycles. The quantitative estimate of drug-likeness (QED) is 0.237. The van der Waals surface area contributed by atoms with Crippen molar-refractivity contribution in [3.8, 4) is 0 Å². The zero-order valence-electron chi connectivity index (χ0n) is 26.4. The minimum Gasteiger partial charge on any atom is -0.459 e. The first-order valence-electron chi connectivity index (χ1n) is 15.8. The van der Waals surface area contributed by atoms with E-state index >= 15 is 0 Å². The summed E-state index contributed by atoms with van der Waals surface area (Å²) < 4.78 is 18.8. The Morgan fingerprint density at radius 2 is 1.70 bits per heavy atom. The van der Waals surface area contributed by atoms with Crippen LogP contribution in [0.3, 0.4) is 0 Å². The van der Waals surface area contributed by atoms with Gasteiger partial charge in [0.1, 0.15) is 17.3 Å². The molecule has 0 aliphatic carbocycles. The van der Waals surface area contributed by atoms with Crippen LogP contribution in [0.4, 0.5) is 5.69 Å². The fourth-order valence-electron chi connectivity index (χ4n) is 5.96. The van der Waals surface area contributed by atoms with Crippen LogP contribution in [-0.2, 0) is 25.6 Å². The van der Waals surface area contributed by atoms with Crippen molar-refractivity contribution in [2.45, 2.75) is 76.8 Å². The van der Waals surface area contributed by atoms with Crippen LogP contribution in [0.15, 0.2) is 79.0 Å². The molecule has 0 spiro atoms. The van der Waals surface area contributed by atoms with Crippen molar-refractivity contribution in [1.29, 1.82) is 0 Å². The Balaban J connectivity index is 1.18. The van der Waals surface area contributed by atoms with Crippen LogP contribution in [0.25, 0.3) is 11.0 Å². The molecule has 1 amide bonds. The second kappa shape index (κ2) is 13.6. The van der Waals surface area contributed by atoms with Crippen LogP contribution in [0, 0.1) is 0 Å². The number of aromatic nitrogens is 2. The zero-order valence-corrected chi connectivity index (χ0v) is 26.4. The minimum atomic E-state index is -0.667. The predicted octanol–water partition coefficient (Wildman–Crippen LogP) is 5.73. The maximum atomic E-state index is 13.0. The zero-order chi connectivity index (χ0) is 32.3. The van der Waals surface area contributed by atoms with Gasteiger partial charge in [-0.25, -0.2) is 4.98 Å². The first kappa shape index (κ1) is 31.7. The molecule has 46 heavy (non-hydrogen) atoms. The smallest absolute Gasteiger partial charge is 0.323 e. The number of aliphatic hydroxyl groups is 1. The molecule has 240 valence electrons. The lowest BCUT2D eigenvalue weighted by Gasteiger charge is -2.38. The fraction of sp³-hybridized carbons (Fsp3) is 0.389. The molecule has 2 N–H and O–H groups in total. The molecule has 2 saturated heterocycles. The van der Waals surface area contributed by atoms with Gasteiger partial charge in [0.2, 0.25) is 0 Å². The molecule has 0 bridgehead atoms. The van der Waals surface area contributed by atoms with E-state index < -0.39 is 11.9 Å². The van der Waals surface area contributed by atoms with Crippen LogP contribution < -0.4 is 5.32 Å². The number of hydrogen-bond acceptors (Lipinski definition) is 9. The standard InChI is InChI=1S/C36H40N4O6/c1-36(2,3)46-34(43)31-9-6-18-40(31)21-27-19-32(24-12-10-23(22-41)11-13-24)45-35(44-27)25-14-16-26(17-15-25)38-33(42)30-20-37-28-7-4-5-8-29(28)39-30/h4-5,7-8,10-17,20,27,31-32,35,41H,6,9,18-19,21-22H2,1-3H3,(H,38,42)/t27-,31+,32+,35+/m1/s1. The number of nitrogens with zero attached hydrogens (tertiary/aromatic N) is 3. The van der Waals surface area contributed by atoms with Gasteiger partial charge in [-0.05, 0) is 75.5 Å². The fourth-order valence-corrected chi connectivity index (χ4v) is 5.96. The van der Waals surface area contributed by atoms with Gasteiger partial charge in [0.25, 0.3) is 5.91 Å². The number of para-hydroxylation sites is 2. The van der Waals surface area contributed by atoms with E-state index in [9.17, 15) is 14.7 Å². The second-order valence-corrected chi connectivity index (χ2v) is 12.9. The van der Waals surface area contributed by atoms with E-state index in [2.05, 4.69) is 20.2 Å². The summed E-state index contributed by atoms with van der Waals surface area (Å²) in [6.07, 6.45) is 2.61. The van der Waals surface area contributed by atoms with Gasteiger partial charge in [0, 0.05) is 24.2 Å². The van der Waals surface area contributed by atoms with E-state index in [1.807, 2.05) is 93.6 Å². The van der Waals surface area contributed by atoms with E-state index in [-0.39, 0.29) is 42.4 Å². The SMILES string of the molecule is CC(C)(C)OC(=O)[C@@H]1CCCN1C[C@H]1C[C@@H](c2ccc(CO)cc2)O[C@@H](c2ccc(NC(=O)c3cnc4ccccc4n3)cc2)O1. The molecule has 0 saturated carbocycles. The predicted molar refractivity (Wildman–Crippen MR) is 173 cm³/mol. The number of anilines is 1. The molecule has 2 fully saturated rings. The third kappa shape index (κ3) is 7.59. The van der Waals surface area contributed by atoms with Crippen molar-refractivity contribution in [1.82, 2.24) is 14.9 Å². The van der Waals surface area contributed by atoms with Crippen LogP contribution in [0.1, 0.15) is 79.6 Å². The lowest BCUT2D eigenvalue weighted by atomic mass is 9.99. The lowest BCUT2D eigenvalue weighted by molar-refractivity contribution is -0.253. The van der Waals surface area contributed by atoms with Crippen molar-refractivity contribution in [2.24, 2.45) is 0 Å². The number of fused-ring (bicyclic) bond motifs is 1. The number of aliphatic hydroxyl groups excluding tert-OH is 1. The van der Waals surface area contributed by atoms with E-state index in [0.29, 0.717) is 24.2 Å². The number of amides is 1. The maximum absolute atomic E-state index is 13.0. The van der Waals surface area contributed by atoms with Gasteiger partial charge in [-0.15, -0.1) is 0 Å². The van der Waals surface area contributed by atoms with Gasteiger partial charge in [-0.1, -0.05) is 48.5 Å². The highest BCUT2D eigenvalue weighted by molar-refractivity contribution is 6.03. The number of carbonyl (C=O) groups excluding carboxylic acids is 2. The summed E-state index contributed by atoms with van der Waals surface area (Å²) in [6, 6.07) is 22.2. The van der Waals surface area contributed by atoms with Crippen molar-refractivity contribution in [3.05, 3.63) is 101 Å². The van der Waals surface area contributed by atoms with Gasteiger partial charge in [-0.3, -0.25) is 19.5 Å². The van der Waals surface area contributed by atoms with E-state index in [1.54, 1.807) is 0 Å². The topological polar surface area (TPSA) is 123 Å². The highest BCUT2D eigenvalue weighted by Crippen LogP contribution is 2.39. The summed E-state index contributed by atoms with van der Waals surface area (Å²) in [4.78, 5) is 36.9. The molecule has 10 nitrogen and oxygen atoms in total. The highest BCUT2D eigenvalue weighted by Gasteiger charge is 2.39. The number of benzene rings is 3. The summed E-state index contributed by atoms with van der Waals surface area (Å²) in [6.45, 7) is 6.99. The van der Waals surface area contributed by atoms with E-state index in [0.717, 1.165) is 41.6 Å². The van der Waals surface area contributed by atoms with Crippen LogP contribution in [0.2, 0.25) is 0 Å². The van der Waals surface area contributed by atoms with Gasteiger partial charge in [0.15, 0.2) is 6.29 Å². The number of likely N-dealkylation sites (tertiary alicyclic amines) is 1. The minimum absolute atomic E-state index is 0.0303. The molecule has 6 rings (SSSR count). The second-order valence-electron chi connectivity index (χ2n) is 12.9. The average molecular weight is 625 g/mol. The summed E-state index contributed by atoms with van der Waals surface area (Å²) in [7, 11) is 0. The first-order chi connectivity index (χ1) is 22.1. The molecule has 4 atom stereocenters. The van der Waals surface area contributed by atoms with Gasteiger partial charge < -0.3 is 24.6 Å². The van der Waals surface area contributed by atoms with Crippen molar-refractivity contribution in [3.63, 3.8) is 0 Å². The van der Waals surface area contributed by atoms with Crippen molar-refractivity contribution in [2.75, 3.05) is 18.4 Å². The molecular formula is C36H40N4O6. The third-order valence-corrected chi connectivity index (χ3v) is 8.22. The van der Waals surface area contributed by atoms with Gasteiger partial charge >= 0.3 is 5.97 Å². The van der Waals surface area contributed by atoms with E-state index in [4.69, 9.17) is 14.2 Å². The Bertz CT molecular complexity index is 1670. The Labute approximate surface area is 268 Å². The maximum Gasteiger partial charge on any atom is 0.323 e. The number of nitrogens with one attached hydrogen (secondary N) is 1. The molecule has 2 aliphatic rings. The third-order valence-electron chi connectivity index (χ3n) is 8.22. The Hall–Kier alpha value is -4.22. The Morgan fingerprint density at radius 3 is 2.41 bits per heavy atom. The number of hydrogen-bond donors (Lipinski definition) is 2. The monoisotopic (exact) mass is 624 g/mol. The van der Waals surface area contributed by atoms with Crippen molar-refractivity contribution < 1.29 is 28.9 Å². The molecule has 0 unspecified atom stereocenters. The summed E-state index contributed by atoms with van der Waals surface area (Å²) in [5.41, 5.74) is 4.27. The Morgan fingerprint density at radius 1 is 0.978 bits per heavy atom. The number of ether oxygens (including phenoxy) is 3. The molecule has 10 heteroatoms. The van der Waals surface area contributed by atoms with Crippen LogP contribution in [0.5, 0.6) is 0 Å². The summed E-state index contributed by atoms with van der Waals surface area (Å²) >= 11 is 0. The van der Waals surface area contributed by atoms with Gasteiger partial charge in [-0.2, -0.15) is 0 Å². The van der Waals surface area contributed by atoms with Crippen LogP contribution >= 0.6 is 0 Å². The molecule has 3 heterocycles. The molecule has 3 aromatic carbocycles. The summed E-state index contributed by atoms with van der Waals surface area (Å²) in [5, 5.41) is 12.4. The molecule has 2 aliphatic heterocycles.